The zero-order valence-electron chi connectivity index (χ0n) is 15.7. The van der Waals surface area contributed by atoms with Crippen molar-refractivity contribution in [3.05, 3.63) is 22.9 Å². The van der Waals surface area contributed by atoms with Gasteiger partial charge in [0.25, 0.3) is 10.1 Å². The monoisotopic (exact) mass is 388 g/mol. The quantitative estimate of drug-likeness (QED) is 0.431. The van der Waals surface area contributed by atoms with E-state index in [-0.39, 0.29) is 11.9 Å². The molecule has 1 aromatic heterocycles. The van der Waals surface area contributed by atoms with Gasteiger partial charge in [0.2, 0.25) is 0 Å². The number of Topliss-reactive ketones (excluding diaryl/α,β-unsaturated/α-hetero) is 1. The van der Waals surface area contributed by atoms with Crippen LogP contribution in [0.3, 0.4) is 0 Å². The number of rotatable bonds is 9. The summed E-state index contributed by atoms with van der Waals surface area (Å²) >= 11 is 1.71. The summed E-state index contributed by atoms with van der Waals surface area (Å²) in [4.78, 5) is 12.2. The lowest BCUT2D eigenvalue weighted by Gasteiger charge is -2.23. The van der Waals surface area contributed by atoms with Crippen LogP contribution in [0.4, 0.5) is 0 Å². The Morgan fingerprint density at radius 2 is 1.76 bits per heavy atom. The van der Waals surface area contributed by atoms with Crippen molar-refractivity contribution >= 4 is 27.2 Å². The van der Waals surface area contributed by atoms with Gasteiger partial charge in [0.15, 0.2) is 5.78 Å². The fourth-order valence-corrected chi connectivity index (χ4v) is 4.61. The van der Waals surface area contributed by atoms with Crippen LogP contribution >= 0.6 is 11.3 Å². The molecule has 1 heterocycles. The van der Waals surface area contributed by atoms with Crippen molar-refractivity contribution in [2.24, 2.45) is 5.41 Å². The number of carbonyl (C=O) groups is 1. The van der Waals surface area contributed by atoms with Crippen LogP contribution in [0.15, 0.2) is 22.9 Å². The lowest BCUT2D eigenvalue weighted by Crippen LogP contribution is -2.32. The molecular formula is C19H32O4S2. The third-order valence-corrected chi connectivity index (χ3v) is 6.29. The Kier molecular flexibility index (Phi) is 9.90. The van der Waals surface area contributed by atoms with Crippen molar-refractivity contribution in [1.82, 2.24) is 0 Å². The topological polar surface area (TPSA) is 60.4 Å². The second-order valence-electron chi connectivity index (χ2n) is 7.26. The van der Waals surface area contributed by atoms with Crippen molar-refractivity contribution in [1.29, 1.82) is 0 Å². The highest BCUT2D eigenvalue weighted by Gasteiger charge is 2.32. The van der Waals surface area contributed by atoms with E-state index in [4.69, 9.17) is 4.18 Å². The zero-order chi connectivity index (χ0) is 18.8. The molecule has 1 aliphatic rings. The summed E-state index contributed by atoms with van der Waals surface area (Å²) in [7, 11) is -3.73. The molecule has 2 rings (SSSR count). The maximum Gasteiger partial charge on any atom is 0.274 e. The van der Waals surface area contributed by atoms with E-state index in [1.54, 1.807) is 11.3 Å². The number of hydrogen-bond donors (Lipinski definition) is 0. The van der Waals surface area contributed by atoms with Crippen molar-refractivity contribution in [3.8, 4) is 0 Å². The maximum atomic E-state index is 12.2. The highest BCUT2D eigenvalue weighted by atomic mass is 32.2. The zero-order valence-corrected chi connectivity index (χ0v) is 17.3. The molecule has 144 valence electrons. The molecule has 0 amide bonds. The molecule has 25 heavy (non-hydrogen) atoms. The van der Waals surface area contributed by atoms with Crippen LogP contribution in [0.1, 0.15) is 72.1 Å². The normalized spacial score (nSPS) is 15.6. The fourth-order valence-electron chi connectivity index (χ4n) is 2.77. The molecule has 0 aliphatic heterocycles. The average Bonchev–Trinajstić information content (AvgIpc) is 3.22. The molecule has 0 aromatic carbocycles. The highest BCUT2D eigenvalue weighted by Crippen LogP contribution is 2.27. The molecule has 0 saturated heterocycles. The third kappa shape index (κ3) is 9.52. The van der Waals surface area contributed by atoms with E-state index in [9.17, 15) is 13.2 Å². The van der Waals surface area contributed by atoms with Gasteiger partial charge in [-0.15, -0.1) is 0 Å². The van der Waals surface area contributed by atoms with Crippen molar-refractivity contribution in [2.75, 3.05) is 5.75 Å². The van der Waals surface area contributed by atoms with Crippen molar-refractivity contribution in [2.45, 2.75) is 78.2 Å². The summed E-state index contributed by atoms with van der Waals surface area (Å²) in [5, 5.41) is 4.08. The Morgan fingerprint density at radius 1 is 1.16 bits per heavy atom. The Balaban J connectivity index is 0.000000531. The first-order chi connectivity index (χ1) is 11.8. The van der Waals surface area contributed by atoms with Gasteiger partial charge in [-0.2, -0.15) is 19.8 Å². The van der Waals surface area contributed by atoms with E-state index in [1.807, 2.05) is 36.7 Å². The van der Waals surface area contributed by atoms with Crippen LogP contribution in [0.25, 0.3) is 0 Å². The van der Waals surface area contributed by atoms with Gasteiger partial charge in [-0.25, -0.2) is 0 Å². The summed E-state index contributed by atoms with van der Waals surface area (Å²) in [5.74, 6) is -0.714. The van der Waals surface area contributed by atoms with Gasteiger partial charge in [0.1, 0.15) is 5.75 Å². The second kappa shape index (κ2) is 11.1. The molecule has 0 bridgehead atoms. The molecule has 0 spiro atoms. The van der Waals surface area contributed by atoms with Crippen LogP contribution in [-0.4, -0.2) is 26.1 Å². The first kappa shape index (κ1) is 22.3. The molecule has 0 radical (unpaired) electrons. The van der Waals surface area contributed by atoms with E-state index in [0.29, 0.717) is 0 Å². The van der Waals surface area contributed by atoms with Gasteiger partial charge in [-0.05, 0) is 30.0 Å². The van der Waals surface area contributed by atoms with E-state index in [0.717, 1.165) is 51.4 Å². The van der Waals surface area contributed by atoms with Gasteiger partial charge in [-0.1, -0.05) is 65.0 Å². The number of unbranched alkanes of at least 4 members (excludes halogenated alkanes) is 2. The van der Waals surface area contributed by atoms with Gasteiger partial charge < -0.3 is 0 Å². The van der Waals surface area contributed by atoms with E-state index in [1.165, 1.54) is 0 Å². The molecule has 4 nitrogen and oxygen atoms in total. The summed E-state index contributed by atoms with van der Waals surface area (Å²) in [6.45, 7) is 5.76. The van der Waals surface area contributed by atoms with Gasteiger partial charge in [0.05, 0.1) is 6.10 Å². The SMILES string of the molecule is CCCCCC(C)(C)C(=O)CS(=O)(=O)OC1CCCC1.c1ccsc1. The van der Waals surface area contributed by atoms with Gasteiger partial charge >= 0.3 is 0 Å². The Hall–Kier alpha value is -0.720. The molecule has 1 aliphatic carbocycles. The standard InChI is InChI=1S/C15H28O4S.C4H4S/c1-4-5-8-11-15(2,3)14(16)12-20(17,18)19-13-9-6-7-10-13;1-2-4-5-3-1/h13H,4-12H2,1-3H3;1-4H. The molecule has 0 N–H and O–H groups in total. The number of ketones is 1. The minimum absolute atomic E-state index is 0.212. The van der Waals surface area contributed by atoms with Crippen molar-refractivity contribution < 1.29 is 17.4 Å². The minimum Gasteiger partial charge on any atom is -0.298 e. The van der Waals surface area contributed by atoms with Crippen LogP contribution in [-0.2, 0) is 19.1 Å². The number of hydrogen-bond acceptors (Lipinski definition) is 5. The first-order valence-electron chi connectivity index (χ1n) is 9.18. The molecule has 0 atom stereocenters. The largest absolute Gasteiger partial charge is 0.298 e. The van der Waals surface area contributed by atoms with Crippen molar-refractivity contribution in [3.63, 3.8) is 0 Å². The fraction of sp³-hybridized carbons (Fsp3) is 0.737. The van der Waals surface area contributed by atoms with E-state index >= 15 is 0 Å². The highest BCUT2D eigenvalue weighted by molar-refractivity contribution is 7.87. The molecular weight excluding hydrogens is 356 g/mol. The summed E-state index contributed by atoms with van der Waals surface area (Å²) in [6, 6.07) is 4.04. The van der Waals surface area contributed by atoms with E-state index in [2.05, 4.69) is 6.92 Å². The third-order valence-electron chi connectivity index (χ3n) is 4.48. The molecule has 1 saturated carbocycles. The first-order valence-corrected chi connectivity index (χ1v) is 11.7. The van der Waals surface area contributed by atoms with Gasteiger partial charge in [-0.3, -0.25) is 8.98 Å². The Bertz CT molecular complexity index is 553. The number of carbonyl (C=O) groups excluding carboxylic acids is 1. The van der Waals surface area contributed by atoms with Crippen LogP contribution in [0, 0.1) is 5.41 Å². The van der Waals surface area contributed by atoms with E-state index < -0.39 is 21.3 Å². The number of thiophene rings is 1. The predicted octanol–water partition coefficient (Wildman–Crippen LogP) is 5.20. The molecule has 1 aromatic rings. The molecule has 1 fully saturated rings. The minimum atomic E-state index is -3.73. The lowest BCUT2D eigenvalue weighted by atomic mass is 9.83. The lowest BCUT2D eigenvalue weighted by molar-refractivity contribution is -0.125. The summed E-state index contributed by atoms with van der Waals surface area (Å²) in [5.41, 5.74) is -0.582. The average molecular weight is 389 g/mol. The smallest absolute Gasteiger partial charge is 0.274 e. The van der Waals surface area contributed by atoms with Crippen LogP contribution < -0.4 is 0 Å². The molecule has 0 unspecified atom stereocenters. The second-order valence-corrected chi connectivity index (χ2v) is 9.67. The van der Waals surface area contributed by atoms with Gasteiger partial charge in [0, 0.05) is 5.41 Å². The Morgan fingerprint density at radius 3 is 2.24 bits per heavy atom. The van der Waals surface area contributed by atoms with Crippen LogP contribution in [0.2, 0.25) is 0 Å². The summed E-state index contributed by atoms with van der Waals surface area (Å²) < 4.78 is 29.0. The Labute approximate surface area is 157 Å². The maximum absolute atomic E-state index is 12.2. The van der Waals surface area contributed by atoms with Crippen LogP contribution in [0.5, 0.6) is 0 Å². The predicted molar refractivity (Wildman–Crippen MR) is 104 cm³/mol. The summed E-state index contributed by atoms with van der Waals surface area (Å²) in [6.07, 6.45) is 7.23. The molecule has 6 heteroatoms.